The van der Waals surface area contributed by atoms with E-state index in [1.165, 1.54) is 12.5 Å². The van der Waals surface area contributed by atoms with Gasteiger partial charge in [-0.1, -0.05) is 31.4 Å². The summed E-state index contributed by atoms with van der Waals surface area (Å²) in [6, 6.07) is 4.07. The number of benzene rings is 1. The van der Waals surface area contributed by atoms with Gasteiger partial charge in [0, 0.05) is 0 Å². The predicted molar refractivity (Wildman–Crippen MR) is 71.5 cm³/mol. The SMILES string of the molecule is NC(Cc1ccc(C2CCCCC2)c(F)c1)C(=O)O. The van der Waals surface area contributed by atoms with E-state index < -0.39 is 12.0 Å². The second-order valence-electron chi connectivity index (χ2n) is 5.34. The number of carboxylic acid groups (broad SMARTS) is 1. The van der Waals surface area contributed by atoms with Crippen molar-refractivity contribution in [1.29, 1.82) is 0 Å². The first-order valence-corrected chi connectivity index (χ1v) is 6.84. The van der Waals surface area contributed by atoms with Gasteiger partial charge in [-0.2, -0.15) is 0 Å². The Morgan fingerprint density at radius 2 is 2.05 bits per heavy atom. The molecule has 1 saturated carbocycles. The van der Waals surface area contributed by atoms with E-state index in [2.05, 4.69) is 0 Å². The molecule has 2 rings (SSSR count). The summed E-state index contributed by atoms with van der Waals surface area (Å²) in [5.41, 5.74) is 6.87. The Morgan fingerprint density at radius 3 is 2.63 bits per heavy atom. The van der Waals surface area contributed by atoms with Crippen molar-refractivity contribution < 1.29 is 14.3 Å². The Kier molecular flexibility index (Phi) is 4.53. The molecule has 1 atom stereocenters. The molecule has 0 radical (unpaired) electrons. The van der Waals surface area contributed by atoms with Crippen LogP contribution in [0.2, 0.25) is 0 Å². The second kappa shape index (κ2) is 6.15. The smallest absolute Gasteiger partial charge is 0.320 e. The summed E-state index contributed by atoms with van der Waals surface area (Å²) in [6.07, 6.45) is 5.82. The third-order valence-electron chi connectivity index (χ3n) is 3.88. The minimum absolute atomic E-state index is 0.164. The lowest BCUT2D eigenvalue weighted by molar-refractivity contribution is -0.138. The lowest BCUT2D eigenvalue weighted by Gasteiger charge is -2.22. The van der Waals surface area contributed by atoms with Gasteiger partial charge in [-0.05, 0) is 42.4 Å². The highest BCUT2D eigenvalue weighted by atomic mass is 19.1. The molecule has 0 saturated heterocycles. The van der Waals surface area contributed by atoms with Gasteiger partial charge in [0.1, 0.15) is 11.9 Å². The molecule has 1 aliphatic carbocycles. The minimum atomic E-state index is -1.06. The van der Waals surface area contributed by atoms with Crippen molar-refractivity contribution in [1.82, 2.24) is 0 Å². The van der Waals surface area contributed by atoms with Gasteiger partial charge in [-0.3, -0.25) is 4.79 Å². The first kappa shape index (κ1) is 14.0. The Balaban J connectivity index is 2.10. The maximum atomic E-state index is 14.1. The van der Waals surface area contributed by atoms with E-state index in [4.69, 9.17) is 10.8 Å². The lowest BCUT2D eigenvalue weighted by atomic mass is 9.83. The summed E-state index contributed by atoms with van der Waals surface area (Å²) in [5.74, 6) is -0.963. The van der Waals surface area contributed by atoms with Crippen LogP contribution in [0.25, 0.3) is 0 Å². The zero-order chi connectivity index (χ0) is 13.8. The summed E-state index contributed by atoms with van der Waals surface area (Å²) in [6.45, 7) is 0. The average molecular weight is 265 g/mol. The number of nitrogens with two attached hydrogens (primary N) is 1. The molecule has 0 spiro atoms. The van der Waals surface area contributed by atoms with Crippen LogP contribution in [0.15, 0.2) is 18.2 Å². The largest absolute Gasteiger partial charge is 0.480 e. The maximum absolute atomic E-state index is 14.1. The van der Waals surface area contributed by atoms with E-state index in [9.17, 15) is 9.18 Å². The van der Waals surface area contributed by atoms with E-state index in [0.29, 0.717) is 11.5 Å². The number of carboxylic acids is 1. The zero-order valence-electron chi connectivity index (χ0n) is 10.9. The molecule has 4 heteroatoms. The number of aliphatic carboxylic acids is 1. The van der Waals surface area contributed by atoms with Crippen molar-refractivity contribution in [3.63, 3.8) is 0 Å². The molecular weight excluding hydrogens is 245 g/mol. The first-order valence-electron chi connectivity index (χ1n) is 6.84. The Labute approximate surface area is 112 Å². The summed E-state index contributed by atoms with van der Waals surface area (Å²) < 4.78 is 14.1. The third-order valence-corrected chi connectivity index (χ3v) is 3.88. The van der Waals surface area contributed by atoms with Gasteiger partial charge in [0.05, 0.1) is 0 Å². The number of rotatable bonds is 4. The highest BCUT2D eigenvalue weighted by molar-refractivity contribution is 5.73. The van der Waals surface area contributed by atoms with E-state index >= 15 is 0 Å². The van der Waals surface area contributed by atoms with Gasteiger partial charge in [0.2, 0.25) is 0 Å². The van der Waals surface area contributed by atoms with Crippen LogP contribution in [0.5, 0.6) is 0 Å². The number of halogens is 1. The van der Waals surface area contributed by atoms with Gasteiger partial charge in [-0.15, -0.1) is 0 Å². The van der Waals surface area contributed by atoms with Crippen molar-refractivity contribution in [2.45, 2.75) is 50.5 Å². The molecule has 1 aromatic carbocycles. The third kappa shape index (κ3) is 3.53. The van der Waals surface area contributed by atoms with E-state index in [-0.39, 0.29) is 12.2 Å². The van der Waals surface area contributed by atoms with Crippen LogP contribution in [0.3, 0.4) is 0 Å². The molecule has 3 nitrogen and oxygen atoms in total. The van der Waals surface area contributed by atoms with Crippen LogP contribution < -0.4 is 5.73 Å². The first-order chi connectivity index (χ1) is 9.08. The van der Waals surface area contributed by atoms with E-state index in [0.717, 1.165) is 31.2 Å². The Morgan fingerprint density at radius 1 is 1.37 bits per heavy atom. The minimum Gasteiger partial charge on any atom is -0.480 e. The van der Waals surface area contributed by atoms with Gasteiger partial charge in [0.15, 0.2) is 0 Å². The summed E-state index contributed by atoms with van der Waals surface area (Å²) in [5, 5.41) is 8.75. The van der Waals surface area contributed by atoms with Crippen molar-refractivity contribution in [2.24, 2.45) is 5.73 Å². The van der Waals surface area contributed by atoms with Crippen molar-refractivity contribution in [2.75, 3.05) is 0 Å². The van der Waals surface area contributed by atoms with Crippen LogP contribution in [-0.2, 0) is 11.2 Å². The topological polar surface area (TPSA) is 63.3 Å². The molecule has 0 bridgehead atoms. The molecule has 0 amide bonds. The predicted octanol–water partition coefficient (Wildman–Crippen LogP) is 2.83. The molecule has 0 heterocycles. The molecule has 3 N–H and O–H groups in total. The van der Waals surface area contributed by atoms with E-state index in [1.807, 2.05) is 0 Å². The van der Waals surface area contributed by atoms with Crippen LogP contribution in [0, 0.1) is 5.82 Å². The van der Waals surface area contributed by atoms with Crippen molar-refractivity contribution in [3.8, 4) is 0 Å². The monoisotopic (exact) mass is 265 g/mol. The Bertz CT molecular complexity index is 455. The molecule has 1 aliphatic rings. The second-order valence-corrected chi connectivity index (χ2v) is 5.34. The average Bonchev–Trinajstić information content (AvgIpc) is 2.39. The molecule has 1 unspecified atom stereocenters. The number of hydrogen-bond acceptors (Lipinski definition) is 2. The molecule has 1 aromatic rings. The summed E-state index contributed by atoms with van der Waals surface area (Å²) in [7, 11) is 0. The van der Waals surface area contributed by atoms with Crippen LogP contribution in [-0.4, -0.2) is 17.1 Å². The fourth-order valence-electron chi connectivity index (χ4n) is 2.78. The lowest BCUT2D eigenvalue weighted by Crippen LogP contribution is -2.32. The van der Waals surface area contributed by atoms with Crippen molar-refractivity contribution in [3.05, 3.63) is 35.1 Å². The Hall–Kier alpha value is -1.42. The molecule has 19 heavy (non-hydrogen) atoms. The molecule has 0 aliphatic heterocycles. The van der Waals surface area contributed by atoms with Crippen LogP contribution in [0.4, 0.5) is 4.39 Å². The fraction of sp³-hybridized carbons (Fsp3) is 0.533. The van der Waals surface area contributed by atoms with Gasteiger partial charge in [-0.25, -0.2) is 4.39 Å². The molecule has 104 valence electrons. The highest BCUT2D eigenvalue weighted by Gasteiger charge is 2.19. The van der Waals surface area contributed by atoms with Crippen LogP contribution >= 0.6 is 0 Å². The molecular formula is C15H20FNO2. The van der Waals surface area contributed by atoms with E-state index in [1.54, 1.807) is 12.1 Å². The van der Waals surface area contributed by atoms with Crippen LogP contribution in [0.1, 0.15) is 49.1 Å². The molecule has 1 fully saturated rings. The zero-order valence-corrected chi connectivity index (χ0v) is 10.9. The number of carbonyl (C=O) groups is 1. The summed E-state index contributed by atoms with van der Waals surface area (Å²) in [4.78, 5) is 10.7. The van der Waals surface area contributed by atoms with Gasteiger partial charge < -0.3 is 10.8 Å². The fourth-order valence-corrected chi connectivity index (χ4v) is 2.78. The quantitative estimate of drug-likeness (QED) is 0.880. The van der Waals surface area contributed by atoms with Gasteiger partial charge in [0.25, 0.3) is 0 Å². The standard InChI is InChI=1S/C15H20FNO2/c16-13-8-10(9-14(17)15(18)19)6-7-12(13)11-4-2-1-3-5-11/h6-8,11,14H,1-5,9,17H2,(H,18,19). The normalized spacial score (nSPS) is 18.2. The van der Waals surface area contributed by atoms with Gasteiger partial charge >= 0.3 is 5.97 Å². The number of hydrogen-bond donors (Lipinski definition) is 2. The van der Waals surface area contributed by atoms with Crippen molar-refractivity contribution >= 4 is 5.97 Å². The molecule has 0 aromatic heterocycles. The highest BCUT2D eigenvalue weighted by Crippen LogP contribution is 2.34. The summed E-state index contributed by atoms with van der Waals surface area (Å²) >= 11 is 0. The maximum Gasteiger partial charge on any atom is 0.320 e.